The number of para-hydroxylation sites is 1. The normalized spacial score (nSPS) is 10.8. The number of nitrogens with zero attached hydrogens (tertiary/aromatic N) is 1. The van der Waals surface area contributed by atoms with E-state index in [2.05, 4.69) is 47.5 Å². The van der Waals surface area contributed by atoms with Gasteiger partial charge in [0.2, 0.25) is 0 Å². The Bertz CT molecular complexity index is 1380. The number of ether oxygens (including phenoxy) is 1. The molecule has 1 amide bonds. The van der Waals surface area contributed by atoms with Crippen molar-refractivity contribution in [3.05, 3.63) is 73.1 Å². The average molecular weight is 646 g/mol. The fraction of sp³-hybridized carbons (Fsp3) is 0.0455. The highest BCUT2D eigenvalue weighted by Crippen LogP contribution is 2.40. The molecule has 5 nitrogen and oxygen atoms in total. The molecule has 0 aliphatic carbocycles. The average Bonchev–Trinajstić information content (AvgIpc) is 3.19. The third-order valence-electron chi connectivity index (χ3n) is 4.50. The maximum atomic E-state index is 12.9. The van der Waals surface area contributed by atoms with Gasteiger partial charge in [0.1, 0.15) is 10.8 Å². The number of aromatic nitrogens is 1. The molecule has 1 heterocycles. The Morgan fingerprint density at radius 2 is 1.91 bits per heavy atom. The molecule has 0 atom stereocenters. The van der Waals surface area contributed by atoms with E-state index in [1.165, 1.54) is 18.4 Å². The first-order valence-corrected chi connectivity index (χ1v) is 12.8. The second kappa shape index (κ2) is 10.2. The zero-order chi connectivity index (χ0) is 23.7. The van der Waals surface area contributed by atoms with Crippen molar-refractivity contribution in [2.45, 2.75) is 0 Å². The lowest BCUT2D eigenvalue weighted by atomic mass is 10.1. The lowest BCUT2D eigenvalue weighted by molar-refractivity contribution is 0.0974. The first-order valence-electron chi connectivity index (χ1n) is 9.27. The van der Waals surface area contributed by atoms with Crippen LogP contribution < -0.4 is 15.4 Å². The smallest absolute Gasteiger partial charge is 0.261 e. The topological polar surface area (TPSA) is 63.2 Å². The van der Waals surface area contributed by atoms with Crippen LogP contribution in [0.3, 0.4) is 0 Å². The molecular weight excluding hydrogens is 633 g/mol. The summed E-state index contributed by atoms with van der Waals surface area (Å²) in [7, 11) is 1.49. The molecule has 2 N–H and O–H groups in total. The van der Waals surface area contributed by atoms with Gasteiger partial charge in [-0.3, -0.25) is 10.1 Å². The van der Waals surface area contributed by atoms with Crippen molar-refractivity contribution in [1.82, 2.24) is 10.3 Å². The monoisotopic (exact) mass is 643 g/mol. The first-order chi connectivity index (χ1) is 15.8. The van der Waals surface area contributed by atoms with E-state index in [0.717, 1.165) is 15.2 Å². The molecule has 4 rings (SSSR count). The summed E-state index contributed by atoms with van der Waals surface area (Å²) in [5.74, 6) is -0.0591. The lowest BCUT2D eigenvalue weighted by Gasteiger charge is -2.16. The summed E-state index contributed by atoms with van der Waals surface area (Å²) in [6.07, 6.45) is 0. The highest BCUT2D eigenvalue weighted by molar-refractivity contribution is 9.11. The van der Waals surface area contributed by atoms with Crippen molar-refractivity contribution in [2.24, 2.45) is 0 Å². The number of carbonyl (C=O) groups is 1. The molecule has 0 spiro atoms. The number of nitrogens with one attached hydrogen (secondary N) is 2. The quantitative estimate of drug-likeness (QED) is 0.221. The number of anilines is 1. The van der Waals surface area contributed by atoms with Crippen LogP contribution in [0.5, 0.6) is 5.75 Å². The Balaban J connectivity index is 1.64. The molecule has 0 radical (unpaired) electrons. The van der Waals surface area contributed by atoms with E-state index in [1.54, 1.807) is 24.3 Å². The maximum Gasteiger partial charge on any atom is 0.261 e. The molecular formula is C22H13Br2Cl2N3O2S2. The summed E-state index contributed by atoms with van der Waals surface area (Å²) in [6, 6.07) is 14.6. The second-order valence-electron chi connectivity index (χ2n) is 6.67. The summed E-state index contributed by atoms with van der Waals surface area (Å²) in [5.41, 5.74) is 2.33. The number of thiazole rings is 1. The van der Waals surface area contributed by atoms with E-state index in [-0.39, 0.29) is 5.11 Å². The molecule has 0 fully saturated rings. The number of amides is 1. The van der Waals surface area contributed by atoms with Gasteiger partial charge in [-0.2, -0.15) is 0 Å². The minimum absolute atomic E-state index is 0.0599. The van der Waals surface area contributed by atoms with E-state index in [9.17, 15) is 4.79 Å². The van der Waals surface area contributed by atoms with E-state index in [4.69, 9.17) is 40.2 Å². The largest absolute Gasteiger partial charge is 0.495 e. The van der Waals surface area contributed by atoms with Crippen LogP contribution >= 0.6 is 78.6 Å². The van der Waals surface area contributed by atoms with Gasteiger partial charge in [-0.25, -0.2) is 4.98 Å². The van der Waals surface area contributed by atoms with Gasteiger partial charge in [0.15, 0.2) is 5.11 Å². The van der Waals surface area contributed by atoms with Gasteiger partial charge in [0, 0.05) is 15.1 Å². The van der Waals surface area contributed by atoms with Gasteiger partial charge in [0.05, 0.1) is 38.1 Å². The van der Waals surface area contributed by atoms with Gasteiger partial charge in [-0.1, -0.05) is 51.3 Å². The molecule has 0 aliphatic heterocycles. The Kier molecular flexibility index (Phi) is 7.57. The van der Waals surface area contributed by atoms with E-state index < -0.39 is 5.91 Å². The minimum atomic E-state index is -0.446. The summed E-state index contributed by atoms with van der Waals surface area (Å²) >= 11 is 26.5. The van der Waals surface area contributed by atoms with Gasteiger partial charge >= 0.3 is 0 Å². The Hall–Kier alpha value is -1.75. The van der Waals surface area contributed by atoms with Crippen LogP contribution in [0.1, 0.15) is 10.4 Å². The molecule has 0 unspecified atom stereocenters. The van der Waals surface area contributed by atoms with Crippen molar-refractivity contribution in [3.8, 4) is 16.3 Å². The molecule has 0 aliphatic rings. The van der Waals surface area contributed by atoms with Crippen molar-refractivity contribution >= 4 is 106 Å². The van der Waals surface area contributed by atoms with Crippen LogP contribution in [0.2, 0.25) is 10.0 Å². The number of hydrogen-bond donors (Lipinski definition) is 2. The number of carbonyl (C=O) groups excluding carboxylic acids is 1. The maximum absolute atomic E-state index is 12.9. The molecule has 0 saturated heterocycles. The Labute approximate surface area is 225 Å². The SMILES string of the molecule is COc1c(Br)cc(Br)cc1C(=O)NC(=S)Nc1c(Cl)cc(Cl)cc1-c1nc2ccccc2s1. The number of rotatable bonds is 4. The summed E-state index contributed by atoms with van der Waals surface area (Å²) in [5, 5.41) is 7.28. The highest BCUT2D eigenvalue weighted by Gasteiger charge is 2.20. The van der Waals surface area contributed by atoms with Gasteiger partial charge in [0.25, 0.3) is 5.91 Å². The summed E-state index contributed by atoms with van der Waals surface area (Å²) < 4.78 is 7.71. The van der Waals surface area contributed by atoms with Crippen LogP contribution in [0.15, 0.2) is 57.5 Å². The van der Waals surface area contributed by atoms with Crippen molar-refractivity contribution in [3.63, 3.8) is 0 Å². The predicted octanol–water partition coefficient (Wildman–Crippen LogP) is 7.93. The fourth-order valence-electron chi connectivity index (χ4n) is 3.11. The fourth-order valence-corrected chi connectivity index (χ4v) is 6.22. The highest BCUT2D eigenvalue weighted by atomic mass is 79.9. The molecule has 168 valence electrons. The molecule has 0 bridgehead atoms. The number of hydrogen-bond acceptors (Lipinski definition) is 5. The molecule has 33 heavy (non-hydrogen) atoms. The lowest BCUT2D eigenvalue weighted by Crippen LogP contribution is -2.34. The number of thiocarbonyl (C=S) groups is 1. The van der Waals surface area contributed by atoms with Gasteiger partial charge < -0.3 is 10.1 Å². The number of fused-ring (bicyclic) bond motifs is 1. The third-order valence-corrected chi connectivity index (χ3v) is 7.34. The Morgan fingerprint density at radius 1 is 1.15 bits per heavy atom. The zero-order valence-electron chi connectivity index (χ0n) is 16.7. The van der Waals surface area contributed by atoms with Crippen molar-refractivity contribution < 1.29 is 9.53 Å². The number of benzene rings is 3. The van der Waals surface area contributed by atoms with Crippen molar-refractivity contribution in [2.75, 3.05) is 12.4 Å². The third kappa shape index (κ3) is 5.34. The van der Waals surface area contributed by atoms with E-state index in [1.807, 2.05) is 24.3 Å². The molecule has 0 saturated carbocycles. The van der Waals surface area contributed by atoms with Crippen LogP contribution in [-0.2, 0) is 0 Å². The van der Waals surface area contributed by atoms with Crippen LogP contribution in [-0.4, -0.2) is 23.1 Å². The summed E-state index contributed by atoms with van der Waals surface area (Å²) in [6.45, 7) is 0. The standard InChI is InChI=1S/C22H13Br2Cl2N3O2S2/c1-31-19-13(6-10(23)7-14(19)24)20(30)29-22(32)28-18-12(8-11(25)9-15(18)26)21-27-16-4-2-3-5-17(16)33-21/h2-9H,1H3,(H2,28,29,30,32). The van der Waals surface area contributed by atoms with E-state index in [0.29, 0.717) is 41.6 Å². The molecule has 4 aromatic rings. The number of methoxy groups -OCH3 is 1. The van der Waals surface area contributed by atoms with Gasteiger partial charge in [-0.05, 0) is 64.5 Å². The van der Waals surface area contributed by atoms with Crippen LogP contribution in [0.25, 0.3) is 20.8 Å². The van der Waals surface area contributed by atoms with Crippen LogP contribution in [0, 0.1) is 0 Å². The summed E-state index contributed by atoms with van der Waals surface area (Å²) in [4.78, 5) is 17.6. The minimum Gasteiger partial charge on any atom is -0.495 e. The Morgan fingerprint density at radius 3 is 2.64 bits per heavy atom. The first kappa shape index (κ1) is 24.4. The van der Waals surface area contributed by atoms with Gasteiger partial charge in [-0.15, -0.1) is 11.3 Å². The van der Waals surface area contributed by atoms with E-state index >= 15 is 0 Å². The molecule has 1 aromatic heterocycles. The molecule has 11 heteroatoms. The molecule has 3 aromatic carbocycles. The number of halogens is 4. The second-order valence-corrected chi connectivity index (χ2v) is 10.7. The predicted molar refractivity (Wildman–Crippen MR) is 147 cm³/mol. The van der Waals surface area contributed by atoms with Crippen LogP contribution in [0.4, 0.5) is 5.69 Å². The van der Waals surface area contributed by atoms with Crippen molar-refractivity contribution in [1.29, 1.82) is 0 Å². The zero-order valence-corrected chi connectivity index (χ0v) is 23.0.